The lowest BCUT2D eigenvalue weighted by Gasteiger charge is -2.20. The second kappa shape index (κ2) is 6.45. The smallest absolute Gasteiger partial charge is 0.242 e. The zero-order valence-electron chi connectivity index (χ0n) is 12.1. The molecule has 0 bridgehead atoms. The number of sulfone groups is 1. The van der Waals surface area contributed by atoms with E-state index in [1.807, 2.05) is 0 Å². The van der Waals surface area contributed by atoms with E-state index in [1.165, 1.54) is 12.1 Å². The van der Waals surface area contributed by atoms with Crippen LogP contribution in [-0.2, 0) is 19.9 Å². The van der Waals surface area contributed by atoms with Gasteiger partial charge < -0.3 is 5.73 Å². The summed E-state index contributed by atoms with van der Waals surface area (Å²) >= 11 is 5.95. The van der Waals surface area contributed by atoms with Gasteiger partial charge in [0.15, 0.2) is 9.84 Å². The molecule has 1 saturated carbocycles. The number of rotatable bonds is 5. The molecule has 1 aliphatic rings. The molecule has 9 heteroatoms. The van der Waals surface area contributed by atoms with E-state index in [9.17, 15) is 16.8 Å². The van der Waals surface area contributed by atoms with E-state index in [1.54, 1.807) is 0 Å². The molecule has 0 aromatic heterocycles. The highest BCUT2D eigenvalue weighted by molar-refractivity contribution is 7.91. The summed E-state index contributed by atoms with van der Waals surface area (Å²) in [5.74, 6) is 0.0895. The van der Waals surface area contributed by atoms with Crippen LogP contribution >= 0.6 is 11.6 Å². The van der Waals surface area contributed by atoms with Gasteiger partial charge in [0.2, 0.25) is 10.0 Å². The minimum absolute atomic E-state index is 0.0119. The molecule has 2 atom stereocenters. The minimum Gasteiger partial charge on any atom is -0.330 e. The molecule has 0 radical (unpaired) electrons. The Labute approximate surface area is 136 Å². The van der Waals surface area contributed by atoms with Gasteiger partial charge in [0.05, 0.1) is 9.92 Å². The average molecular weight is 367 g/mol. The van der Waals surface area contributed by atoms with Crippen molar-refractivity contribution in [3.63, 3.8) is 0 Å². The van der Waals surface area contributed by atoms with Gasteiger partial charge >= 0.3 is 0 Å². The van der Waals surface area contributed by atoms with Crippen LogP contribution in [0.1, 0.15) is 19.3 Å². The first-order chi connectivity index (χ1) is 10.1. The van der Waals surface area contributed by atoms with Crippen LogP contribution in [0.25, 0.3) is 0 Å². The van der Waals surface area contributed by atoms with E-state index in [4.69, 9.17) is 17.3 Å². The van der Waals surface area contributed by atoms with Crippen LogP contribution < -0.4 is 10.5 Å². The standard InChI is InChI=1S/C13H19ClN2O4S2/c1-21(17,18)10-5-6-11(14)13(7-10)22(19,20)16-12-4-2-3-9(12)8-15/h5-7,9,12,16H,2-4,8,15H2,1H3. The molecule has 0 heterocycles. The molecule has 0 saturated heterocycles. The number of hydrogen-bond donors (Lipinski definition) is 2. The SMILES string of the molecule is CS(=O)(=O)c1ccc(Cl)c(S(=O)(=O)NC2CCCC2CN)c1. The van der Waals surface area contributed by atoms with Crippen molar-refractivity contribution in [2.24, 2.45) is 11.7 Å². The predicted octanol–water partition coefficient (Wildman–Crippen LogP) is 1.15. The van der Waals surface area contributed by atoms with Crippen LogP contribution in [0.15, 0.2) is 28.0 Å². The van der Waals surface area contributed by atoms with Crippen LogP contribution in [-0.4, -0.2) is 35.7 Å². The highest BCUT2D eigenvalue weighted by atomic mass is 35.5. The largest absolute Gasteiger partial charge is 0.330 e. The van der Waals surface area contributed by atoms with Gasteiger partial charge in [0, 0.05) is 12.3 Å². The maximum atomic E-state index is 12.5. The quantitative estimate of drug-likeness (QED) is 0.812. The van der Waals surface area contributed by atoms with E-state index >= 15 is 0 Å². The van der Waals surface area contributed by atoms with Crippen molar-refractivity contribution in [1.82, 2.24) is 4.72 Å². The Morgan fingerprint density at radius 1 is 1.27 bits per heavy atom. The molecule has 0 amide bonds. The maximum absolute atomic E-state index is 12.5. The molecule has 2 unspecified atom stereocenters. The van der Waals surface area contributed by atoms with Crippen LogP contribution in [0, 0.1) is 5.92 Å². The molecule has 0 spiro atoms. The Balaban J connectivity index is 2.37. The highest BCUT2D eigenvalue weighted by Gasteiger charge is 2.31. The fraction of sp³-hybridized carbons (Fsp3) is 0.538. The lowest BCUT2D eigenvalue weighted by Crippen LogP contribution is -2.39. The van der Waals surface area contributed by atoms with Crippen molar-refractivity contribution in [3.8, 4) is 0 Å². The zero-order valence-corrected chi connectivity index (χ0v) is 14.5. The maximum Gasteiger partial charge on any atom is 0.242 e. The Hall–Kier alpha value is -0.670. The zero-order chi connectivity index (χ0) is 16.5. The minimum atomic E-state index is -3.90. The second-order valence-electron chi connectivity index (χ2n) is 5.52. The van der Waals surface area contributed by atoms with E-state index in [-0.39, 0.29) is 26.8 Å². The first kappa shape index (κ1) is 17.7. The van der Waals surface area contributed by atoms with Crippen LogP contribution in [0.2, 0.25) is 5.02 Å². The monoisotopic (exact) mass is 366 g/mol. The number of nitrogens with two attached hydrogens (primary N) is 1. The van der Waals surface area contributed by atoms with Crippen molar-refractivity contribution >= 4 is 31.5 Å². The molecule has 2 rings (SSSR count). The predicted molar refractivity (Wildman–Crippen MR) is 85.1 cm³/mol. The number of hydrogen-bond acceptors (Lipinski definition) is 5. The first-order valence-electron chi connectivity index (χ1n) is 6.87. The second-order valence-corrected chi connectivity index (χ2v) is 9.62. The summed E-state index contributed by atoms with van der Waals surface area (Å²) in [6.45, 7) is 0.407. The van der Waals surface area contributed by atoms with Crippen molar-refractivity contribution in [1.29, 1.82) is 0 Å². The molecule has 0 aliphatic heterocycles. The summed E-state index contributed by atoms with van der Waals surface area (Å²) < 4.78 is 50.8. The van der Waals surface area contributed by atoms with Gasteiger partial charge in [0.1, 0.15) is 4.90 Å². The summed E-state index contributed by atoms with van der Waals surface area (Å²) in [6.07, 6.45) is 3.51. The van der Waals surface area contributed by atoms with Gasteiger partial charge in [-0.25, -0.2) is 21.6 Å². The molecule has 124 valence electrons. The van der Waals surface area contributed by atoms with Crippen molar-refractivity contribution in [2.45, 2.75) is 35.1 Å². The van der Waals surface area contributed by atoms with Crippen LogP contribution in [0.5, 0.6) is 0 Å². The molecule has 1 aromatic carbocycles. The van der Waals surface area contributed by atoms with Gasteiger partial charge in [-0.2, -0.15) is 0 Å². The van der Waals surface area contributed by atoms with Gasteiger partial charge in [-0.05, 0) is 43.5 Å². The van der Waals surface area contributed by atoms with Crippen LogP contribution in [0.3, 0.4) is 0 Å². The van der Waals surface area contributed by atoms with Gasteiger partial charge in [-0.1, -0.05) is 18.0 Å². The van der Waals surface area contributed by atoms with E-state index in [0.29, 0.717) is 13.0 Å². The normalized spacial score (nSPS) is 22.9. The third kappa shape index (κ3) is 3.80. The number of benzene rings is 1. The molecule has 22 heavy (non-hydrogen) atoms. The summed E-state index contributed by atoms with van der Waals surface area (Å²) in [5.41, 5.74) is 5.65. The van der Waals surface area contributed by atoms with Crippen molar-refractivity contribution in [3.05, 3.63) is 23.2 Å². The van der Waals surface area contributed by atoms with Gasteiger partial charge in [-0.3, -0.25) is 0 Å². The molecule has 1 aliphatic carbocycles. The summed E-state index contributed by atoms with van der Waals surface area (Å²) in [6, 6.07) is 3.41. The van der Waals surface area contributed by atoms with E-state index in [2.05, 4.69) is 4.72 Å². The molecule has 6 nitrogen and oxygen atoms in total. The van der Waals surface area contributed by atoms with E-state index < -0.39 is 19.9 Å². The molecular formula is C13H19ClN2O4S2. The van der Waals surface area contributed by atoms with Gasteiger partial charge in [0.25, 0.3) is 0 Å². The Bertz CT molecular complexity index is 762. The van der Waals surface area contributed by atoms with Crippen molar-refractivity contribution < 1.29 is 16.8 Å². The van der Waals surface area contributed by atoms with Crippen molar-refractivity contribution in [2.75, 3.05) is 12.8 Å². The molecular weight excluding hydrogens is 348 g/mol. The molecule has 1 fully saturated rings. The summed E-state index contributed by atoms with van der Waals surface area (Å²) in [4.78, 5) is -0.307. The Morgan fingerprint density at radius 2 is 1.95 bits per heavy atom. The number of nitrogens with one attached hydrogen (secondary N) is 1. The fourth-order valence-corrected chi connectivity index (χ4v) is 5.24. The highest BCUT2D eigenvalue weighted by Crippen LogP contribution is 2.29. The molecule has 1 aromatic rings. The third-order valence-corrected chi connectivity index (χ3v) is 6.97. The first-order valence-corrected chi connectivity index (χ1v) is 10.6. The lowest BCUT2D eigenvalue weighted by atomic mass is 10.1. The Kier molecular flexibility index (Phi) is 5.18. The van der Waals surface area contributed by atoms with Gasteiger partial charge in [-0.15, -0.1) is 0 Å². The lowest BCUT2D eigenvalue weighted by molar-refractivity contribution is 0.453. The van der Waals surface area contributed by atoms with Crippen LogP contribution in [0.4, 0.5) is 0 Å². The third-order valence-electron chi connectivity index (χ3n) is 3.89. The average Bonchev–Trinajstić information content (AvgIpc) is 2.84. The molecule has 3 N–H and O–H groups in total. The fourth-order valence-electron chi connectivity index (χ4n) is 2.66. The Morgan fingerprint density at radius 3 is 2.55 bits per heavy atom. The summed E-state index contributed by atoms with van der Waals surface area (Å²) in [5, 5.41) is -0.0119. The number of halogens is 1. The van der Waals surface area contributed by atoms with E-state index in [0.717, 1.165) is 25.2 Å². The topological polar surface area (TPSA) is 106 Å². The number of sulfonamides is 1. The summed E-state index contributed by atoms with van der Waals surface area (Å²) in [7, 11) is -7.42.